The lowest BCUT2D eigenvalue weighted by Gasteiger charge is -2.46. The van der Waals surface area contributed by atoms with Gasteiger partial charge in [0.15, 0.2) is 0 Å². The van der Waals surface area contributed by atoms with Crippen LogP contribution >= 0.6 is 0 Å². The van der Waals surface area contributed by atoms with E-state index in [-0.39, 0.29) is 13.0 Å². The molecule has 6 nitrogen and oxygen atoms in total. The van der Waals surface area contributed by atoms with E-state index >= 15 is 0 Å². The van der Waals surface area contributed by atoms with E-state index in [9.17, 15) is 18.0 Å². The molecule has 162 valence electrons. The molecule has 2 aliphatic heterocycles. The highest BCUT2D eigenvalue weighted by Crippen LogP contribution is 2.33. The SMILES string of the molecule is CC(C)(C)OC(=O)N1CCC(N2CCN(c3ccc(N)cc3F)CC2)C(F)(F)C1. The number of rotatable bonds is 2. The lowest BCUT2D eigenvalue weighted by Crippen LogP contribution is -2.62. The Kier molecular flexibility index (Phi) is 5.89. The van der Waals surface area contributed by atoms with E-state index in [2.05, 4.69) is 0 Å². The molecule has 1 atom stereocenters. The van der Waals surface area contributed by atoms with E-state index in [1.807, 2.05) is 4.90 Å². The van der Waals surface area contributed by atoms with Crippen molar-refractivity contribution in [2.24, 2.45) is 0 Å². The molecule has 2 heterocycles. The number of ether oxygens (including phenoxy) is 1. The van der Waals surface area contributed by atoms with Crippen LogP contribution in [0.5, 0.6) is 0 Å². The number of halogens is 3. The van der Waals surface area contributed by atoms with Crippen molar-refractivity contribution in [3.8, 4) is 0 Å². The van der Waals surface area contributed by atoms with Crippen molar-refractivity contribution in [1.29, 1.82) is 0 Å². The van der Waals surface area contributed by atoms with Crippen molar-refractivity contribution >= 4 is 17.5 Å². The Morgan fingerprint density at radius 2 is 1.83 bits per heavy atom. The third kappa shape index (κ3) is 5.07. The fourth-order valence-corrected chi connectivity index (χ4v) is 3.91. The van der Waals surface area contributed by atoms with E-state index in [1.165, 1.54) is 6.07 Å². The summed E-state index contributed by atoms with van der Waals surface area (Å²) in [4.78, 5) is 16.8. The van der Waals surface area contributed by atoms with Crippen LogP contribution in [0.2, 0.25) is 0 Å². The number of piperazine rings is 1. The Morgan fingerprint density at radius 1 is 1.17 bits per heavy atom. The topological polar surface area (TPSA) is 62.0 Å². The fourth-order valence-electron chi connectivity index (χ4n) is 3.91. The monoisotopic (exact) mass is 414 g/mol. The highest BCUT2D eigenvalue weighted by atomic mass is 19.3. The quantitative estimate of drug-likeness (QED) is 0.754. The van der Waals surface area contributed by atoms with E-state index in [0.29, 0.717) is 37.6 Å². The third-order valence-electron chi connectivity index (χ3n) is 5.28. The average Bonchev–Trinajstić information content (AvgIpc) is 2.60. The maximum absolute atomic E-state index is 14.8. The maximum atomic E-state index is 14.8. The Bertz CT molecular complexity index is 746. The Balaban J connectivity index is 1.59. The molecule has 2 fully saturated rings. The molecule has 2 N–H and O–H groups in total. The second-order valence-corrected chi connectivity index (χ2v) is 8.70. The van der Waals surface area contributed by atoms with Crippen LogP contribution < -0.4 is 10.6 Å². The number of hydrogen-bond donors (Lipinski definition) is 1. The molecule has 9 heteroatoms. The summed E-state index contributed by atoms with van der Waals surface area (Å²) in [5, 5.41) is 0. The van der Waals surface area contributed by atoms with Gasteiger partial charge in [-0.15, -0.1) is 0 Å². The predicted molar refractivity (Wildman–Crippen MR) is 106 cm³/mol. The van der Waals surface area contributed by atoms with Gasteiger partial charge in [-0.2, -0.15) is 0 Å². The fraction of sp³-hybridized carbons (Fsp3) is 0.650. The molecule has 2 saturated heterocycles. The molecule has 29 heavy (non-hydrogen) atoms. The normalized spacial score (nSPS) is 23.2. The van der Waals surface area contributed by atoms with Gasteiger partial charge in [0.1, 0.15) is 11.4 Å². The van der Waals surface area contributed by atoms with Gasteiger partial charge in [0.25, 0.3) is 5.92 Å². The van der Waals surface area contributed by atoms with Crippen LogP contribution in [0, 0.1) is 5.82 Å². The van der Waals surface area contributed by atoms with Gasteiger partial charge in [-0.3, -0.25) is 4.90 Å². The summed E-state index contributed by atoms with van der Waals surface area (Å²) >= 11 is 0. The predicted octanol–water partition coefficient (Wildman–Crippen LogP) is 3.17. The van der Waals surface area contributed by atoms with Gasteiger partial charge >= 0.3 is 6.09 Å². The van der Waals surface area contributed by atoms with Crippen LogP contribution in [-0.4, -0.2) is 72.7 Å². The first-order valence-corrected chi connectivity index (χ1v) is 9.86. The van der Waals surface area contributed by atoms with Gasteiger partial charge in [-0.1, -0.05) is 0 Å². The number of piperidine rings is 1. The standard InChI is InChI=1S/C20H29F3N4O2/c1-19(2,3)29-18(28)27-7-6-17(20(22,23)13-27)26-10-8-25(9-11-26)16-5-4-14(24)12-15(16)21/h4-5,12,17H,6-11,13,24H2,1-3H3. The molecule has 0 aliphatic carbocycles. The number of nitrogen functional groups attached to an aromatic ring is 1. The summed E-state index contributed by atoms with van der Waals surface area (Å²) in [6.07, 6.45) is -0.540. The number of likely N-dealkylation sites (tertiary alicyclic amines) is 1. The van der Waals surface area contributed by atoms with Gasteiger partial charge in [0, 0.05) is 38.4 Å². The Morgan fingerprint density at radius 3 is 2.38 bits per heavy atom. The van der Waals surface area contributed by atoms with Crippen molar-refractivity contribution in [3.05, 3.63) is 24.0 Å². The van der Waals surface area contributed by atoms with Crippen LogP contribution in [0.1, 0.15) is 27.2 Å². The molecule has 1 aromatic carbocycles. The van der Waals surface area contributed by atoms with Crippen LogP contribution in [0.3, 0.4) is 0 Å². The van der Waals surface area contributed by atoms with Crippen LogP contribution in [0.15, 0.2) is 18.2 Å². The van der Waals surface area contributed by atoms with E-state index in [1.54, 1.807) is 37.8 Å². The van der Waals surface area contributed by atoms with E-state index in [0.717, 1.165) is 4.90 Å². The summed E-state index contributed by atoms with van der Waals surface area (Å²) in [7, 11) is 0. The molecule has 2 aliphatic rings. The minimum atomic E-state index is -3.04. The number of hydrogen-bond acceptors (Lipinski definition) is 5. The smallest absolute Gasteiger partial charge is 0.410 e. The Labute approximate surface area is 169 Å². The van der Waals surface area contributed by atoms with Gasteiger partial charge in [0.05, 0.1) is 18.3 Å². The molecule has 0 radical (unpaired) electrons. The molecular formula is C20H29F3N4O2. The van der Waals surface area contributed by atoms with Gasteiger partial charge < -0.3 is 20.3 Å². The van der Waals surface area contributed by atoms with Crippen molar-refractivity contribution < 1.29 is 22.7 Å². The molecule has 1 aromatic rings. The van der Waals surface area contributed by atoms with Gasteiger partial charge in [0.2, 0.25) is 0 Å². The zero-order valence-corrected chi connectivity index (χ0v) is 17.1. The molecule has 0 aromatic heterocycles. The average molecular weight is 414 g/mol. The largest absolute Gasteiger partial charge is 0.444 e. The number of carbonyl (C=O) groups is 1. The van der Waals surface area contributed by atoms with Crippen molar-refractivity contribution in [1.82, 2.24) is 9.80 Å². The first kappa shape index (κ1) is 21.5. The van der Waals surface area contributed by atoms with Crippen molar-refractivity contribution in [2.45, 2.75) is 44.8 Å². The summed E-state index contributed by atoms with van der Waals surface area (Å²) < 4.78 is 49.1. The van der Waals surface area contributed by atoms with E-state index < -0.39 is 36.0 Å². The molecule has 3 rings (SSSR count). The number of carbonyl (C=O) groups excluding carboxylic acids is 1. The second-order valence-electron chi connectivity index (χ2n) is 8.70. The zero-order valence-electron chi connectivity index (χ0n) is 17.1. The highest BCUT2D eigenvalue weighted by molar-refractivity contribution is 5.68. The zero-order chi connectivity index (χ0) is 21.4. The molecular weight excluding hydrogens is 385 g/mol. The third-order valence-corrected chi connectivity index (χ3v) is 5.28. The van der Waals surface area contributed by atoms with Crippen molar-refractivity contribution in [3.63, 3.8) is 0 Å². The summed E-state index contributed by atoms with van der Waals surface area (Å²) in [6.45, 7) is 6.39. The summed E-state index contributed by atoms with van der Waals surface area (Å²) in [6, 6.07) is 3.57. The first-order valence-electron chi connectivity index (χ1n) is 9.86. The number of alkyl halides is 2. The number of anilines is 2. The van der Waals surface area contributed by atoms with E-state index in [4.69, 9.17) is 10.5 Å². The molecule has 0 saturated carbocycles. The van der Waals surface area contributed by atoms with Crippen LogP contribution in [0.4, 0.5) is 29.3 Å². The Hall–Kier alpha value is -2.16. The number of nitrogens with two attached hydrogens (primary N) is 1. The lowest BCUT2D eigenvalue weighted by atomic mass is 9.98. The molecule has 1 unspecified atom stereocenters. The maximum Gasteiger partial charge on any atom is 0.410 e. The number of benzene rings is 1. The minimum absolute atomic E-state index is 0.169. The minimum Gasteiger partial charge on any atom is -0.444 e. The number of amides is 1. The number of nitrogens with zero attached hydrogens (tertiary/aromatic N) is 3. The van der Waals surface area contributed by atoms with Crippen molar-refractivity contribution in [2.75, 3.05) is 49.9 Å². The summed E-state index contributed by atoms with van der Waals surface area (Å²) in [5.41, 5.74) is 5.64. The second kappa shape index (κ2) is 7.93. The first-order chi connectivity index (χ1) is 13.5. The van der Waals surface area contributed by atoms with Crippen LogP contribution in [0.25, 0.3) is 0 Å². The lowest BCUT2D eigenvalue weighted by molar-refractivity contribution is -0.126. The molecule has 0 spiro atoms. The van der Waals surface area contributed by atoms with Gasteiger partial charge in [-0.05, 0) is 45.4 Å². The highest BCUT2D eigenvalue weighted by Gasteiger charge is 2.49. The summed E-state index contributed by atoms with van der Waals surface area (Å²) in [5.74, 6) is -3.45. The molecule has 1 amide bonds. The van der Waals surface area contributed by atoms with Gasteiger partial charge in [-0.25, -0.2) is 18.0 Å². The van der Waals surface area contributed by atoms with Crippen LogP contribution in [-0.2, 0) is 4.74 Å². The molecule has 0 bridgehead atoms.